The number of methoxy groups -OCH3 is 1. The van der Waals surface area contributed by atoms with Crippen LogP contribution in [0.5, 0.6) is 5.75 Å². The molecule has 0 aliphatic carbocycles. The van der Waals surface area contributed by atoms with Crippen LogP contribution >= 0.6 is 0 Å². The lowest BCUT2D eigenvalue weighted by molar-refractivity contribution is -0.120. The number of hydrogen-bond donors (Lipinski definition) is 1. The van der Waals surface area contributed by atoms with Gasteiger partial charge < -0.3 is 10.1 Å². The first-order valence-electron chi connectivity index (χ1n) is 6.77. The summed E-state index contributed by atoms with van der Waals surface area (Å²) < 4.78 is 32.6. The van der Waals surface area contributed by atoms with Crippen molar-refractivity contribution in [1.29, 1.82) is 0 Å². The van der Waals surface area contributed by atoms with Crippen molar-refractivity contribution in [2.75, 3.05) is 12.4 Å². The van der Waals surface area contributed by atoms with E-state index in [0.717, 1.165) is 12.1 Å². The first kappa shape index (κ1) is 15.9. The lowest BCUT2D eigenvalue weighted by Crippen LogP contribution is -2.35. The molecule has 0 saturated carbocycles. The molecule has 0 saturated heterocycles. The molecule has 0 unspecified atom stereocenters. The molecule has 116 valence electrons. The minimum absolute atomic E-state index is 0.449. The van der Waals surface area contributed by atoms with Gasteiger partial charge in [-0.15, -0.1) is 0 Å². The Morgan fingerprint density at radius 1 is 1.05 bits per heavy atom. The second-order valence-electron chi connectivity index (χ2n) is 5.38. The van der Waals surface area contributed by atoms with E-state index in [4.69, 9.17) is 4.74 Å². The molecule has 1 amide bonds. The molecule has 0 aromatic heterocycles. The molecule has 0 radical (unpaired) electrons. The number of hydrogen-bond acceptors (Lipinski definition) is 2. The van der Waals surface area contributed by atoms with Gasteiger partial charge in [0.05, 0.1) is 12.5 Å². The Kier molecular flexibility index (Phi) is 4.45. The Bertz CT molecular complexity index is 679. The molecule has 0 spiro atoms. The average Bonchev–Trinajstić information content (AvgIpc) is 2.50. The summed E-state index contributed by atoms with van der Waals surface area (Å²) in [6.07, 6.45) is 0. The molecular weight excluding hydrogens is 288 g/mol. The SMILES string of the molecule is COc1ccccc1C(C)(C)C(=O)Nc1c(F)cccc1F. The van der Waals surface area contributed by atoms with Gasteiger partial charge in [0.2, 0.25) is 5.91 Å². The van der Waals surface area contributed by atoms with E-state index >= 15 is 0 Å². The molecule has 0 atom stereocenters. The maximum atomic E-state index is 13.7. The number of para-hydroxylation sites is 2. The van der Waals surface area contributed by atoms with Gasteiger partial charge in [-0.2, -0.15) is 0 Å². The molecule has 22 heavy (non-hydrogen) atoms. The summed E-state index contributed by atoms with van der Waals surface area (Å²) in [7, 11) is 1.50. The minimum atomic E-state index is -1.03. The molecule has 0 aliphatic rings. The molecule has 0 fully saturated rings. The van der Waals surface area contributed by atoms with E-state index in [1.807, 2.05) is 0 Å². The molecule has 2 rings (SSSR count). The van der Waals surface area contributed by atoms with Crippen molar-refractivity contribution in [3.8, 4) is 5.75 Å². The van der Waals surface area contributed by atoms with Crippen LogP contribution in [0.15, 0.2) is 42.5 Å². The lowest BCUT2D eigenvalue weighted by Gasteiger charge is -2.26. The third-order valence-corrected chi connectivity index (χ3v) is 3.55. The predicted octanol–water partition coefficient (Wildman–Crippen LogP) is 3.89. The maximum absolute atomic E-state index is 13.7. The van der Waals surface area contributed by atoms with Crippen molar-refractivity contribution in [2.24, 2.45) is 0 Å². The zero-order valence-electron chi connectivity index (χ0n) is 12.6. The topological polar surface area (TPSA) is 38.3 Å². The van der Waals surface area contributed by atoms with E-state index in [-0.39, 0.29) is 0 Å². The zero-order valence-corrected chi connectivity index (χ0v) is 12.6. The van der Waals surface area contributed by atoms with Gasteiger partial charge in [0.1, 0.15) is 23.1 Å². The van der Waals surface area contributed by atoms with Gasteiger partial charge in [-0.05, 0) is 32.0 Å². The Hall–Kier alpha value is -2.43. The second-order valence-corrected chi connectivity index (χ2v) is 5.38. The fourth-order valence-electron chi connectivity index (χ4n) is 2.17. The molecule has 0 aliphatic heterocycles. The molecule has 3 nitrogen and oxygen atoms in total. The molecule has 0 bridgehead atoms. The molecule has 0 heterocycles. The Labute approximate surface area is 127 Å². The molecular formula is C17H17F2NO2. The van der Waals surface area contributed by atoms with E-state index < -0.39 is 28.6 Å². The number of ether oxygens (including phenoxy) is 1. The number of amides is 1. The summed E-state index contributed by atoms with van der Waals surface area (Å²) in [6, 6.07) is 10.5. The Morgan fingerprint density at radius 2 is 1.64 bits per heavy atom. The number of carbonyl (C=O) groups excluding carboxylic acids is 1. The van der Waals surface area contributed by atoms with Gasteiger partial charge in [0.25, 0.3) is 0 Å². The zero-order chi connectivity index (χ0) is 16.3. The highest BCUT2D eigenvalue weighted by molar-refractivity contribution is 5.99. The monoisotopic (exact) mass is 305 g/mol. The van der Waals surface area contributed by atoms with Crippen LogP contribution in [0.4, 0.5) is 14.5 Å². The fraction of sp³-hybridized carbons (Fsp3) is 0.235. The summed E-state index contributed by atoms with van der Waals surface area (Å²) in [5.74, 6) is -1.62. The highest BCUT2D eigenvalue weighted by Crippen LogP contribution is 2.33. The highest BCUT2D eigenvalue weighted by atomic mass is 19.1. The lowest BCUT2D eigenvalue weighted by atomic mass is 9.83. The molecule has 2 aromatic carbocycles. The normalized spacial score (nSPS) is 11.1. The number of rotatable bonds is 4. The predicted molar refractivity (Wildman–Crippen MR) is 81.0 cm³/mol. The average molecular weight is 305 g/mol. The van der Waals surface area contributed by atoms with Crippen LogP contribution in [0, 0.1) is 11.6 Å². The van der Waals surface area contributed by atoms with E-state index in [0.29, 0.717) is 11.3 Å². The Morgan fingerprint density at radius 3 is 2.23 bits per heavy atom. The first-order chi connectivity index (χ1) is 10.4. The van der Waals surface area contributed by atoms with Crippen LogP contribution in [0.2, 0.25) is 0 Å². The second kappa shape index (κ2) is 6.13. The van der Waals surface area contributed by atoms with Crippen LogP contribution in [-0.4, -0.2) is 13.0 Å². The van der Waals surface area contributed by atoms with E-state index in [1.54, 1.807) is 38.1 Å². The van der Waals surface area contributed by atoms with Gasteiger partial charge in [-0.25, -0.2) is 8.78 Å². The van der Waals surface area contributed by atoms with Gasteiger partial charge in [0.15, 0.2) is 0 Å². The minimum Gasteiger partial charge on any atom is -0.496 e. The quantitative estimate of drug-likeness (QED) is 0.930. The number of nitrogens with one attached hydrogen (secondary N) is 1. The van der Waals surface area contributed by atoms with Crippen molar-refractivity contribution in [3.63, 3.8) is 0 Å². The number of anilines is 1. The number of halogens is 2. The summed E-state index contributed by atoms with van der Waals surface area (Å²) >= 11 is 0. The van der Waals surface area contributed by atoms with Crippen molar-refractivity contribution < 1.29 is 18.3 Å². The maximum Gasteiger partial charge on any atom is 0.234 e. The van der Waals surface area contributed by atoms with Crippen LogP contribution in [0.3, 0.4) is 0 Å². The van der Waals surface area contributed by atoms with Crippen molar-refractivity contribution >= 4 is 11.6 Å². The third kappa shape index (κ3) is 2.93. The van der Waals surface area contributed by atoms with E-state index in [1.165, 1.54) is 13.2 Å². The Balaban J connectivity index is 2.35. The molecule has 2 aromatic rings. The smallest absolute Gasteiger partial charge is 0.234 e. The van der Waals surface area contributed by atoms with Crippen molar-refractivity contribution in [2.45, 2.75) is 19.3 Å². The van der Waals surface area contributed by atoms with Gasteiger partial charge >= 0.3 is 0 Å². The van der Waals surface area contributed by atoms with Crippen molar-refractivity contribution in [1.82, 2.24) is 0 Å². The summed E-state index contributed by atoms with van der Waals surface area (Å²) in [4.78, 5) is 12.5. The van der Waals surface area contributed by atoms with Gasteiger partial charge in [-0.1, -0.05) is 24.3 Å². The summed E-state index contributed by atoms with van der Waals surface area (Å²) in [5, 5.41) is 2.32. The number of carbonyl (C=O) groups is 1. The van der Waals surface area contributed by atoms with E-state index in [2.05, 4.69) is 5.32 Å². The van der Waals surface area contributed by atoms with Crippen LogP contribution < -0.4 is 10.1 Å². The molecule has 1 N–H and O–H groups in total. The highest BCUT2D eigenvalue weighted by Gasteiger charge is 2.33. The van der Waals surface area contributed by atoms with E-state index in [9.17, 15) is 13.6 Å². The van der Waals surface area contributed by atoms with Crippen LogP contribution in [0.25, 0.3) is 0 Å². The van der Waals surface area contributed by atoms with Crippen molar-refractivity contribution in [3.05, 3.63) is 59.7 Å². The van der Waals surface area contributed by atoms with Crippen LogP contribution in [-0.2, 0) is 10.2 Å². The molecule has 5 heteroatoms. The summed E-state index contributed by atoms with van der Waals surface area (Å²) in [6.45, 7) is 3.33. The van der Waals surface area contributed by atoms with Gasteiger partial charge in [-0.3, -0.25) is 4.79 Å². The van der Waals surface area contributed by atoms with Gasteiger partial charge in [0, 0.05) is 5.56 Å². The third-order valence-electron chi connectivity index (χ3n) is 3.55. The summed E-state index contributed by atoms with van der Waals surface area (Å²) in [5.41, 5.74) is -0.844. The van der Waals surface area contributed by atoms with Crippen LogP contribution in [0.1, 0.15) is 19.4 Å². The largest absolute Gasteiger partial charge is 0.496 e. The fourth-order valence-corrected chi connectivity index (χ4v) is 2.17. The standard InChI is InChI=1S/C17H17F2NO2/c1-17(2,11-7-4-5-10-14(11)22-3)16(21)20-15-12(18)8-6-9-13(15)19/h4-10H,1-3H3,(H,20,21). The first-order valence-corrected chi connectivity index (χ1v) is 6.77. The number of benzene rings is 2.